The second-order valence-corrected chi connectivity index (χ2v) is 2.40. The molecule has 0 radical (unpaired) electrons. The molecule has 1 aromatic rings. The molecule has 1 aromatic heterocycles. The van der Waals surface area contributed by atoms with Gasteiger partial charge >= 0.3 is 0 Å². The van der Waals surface area contributed by atoms with E-state index in [1.807, 2.05) is 19.1 Å². The van der Waals surface area contributed by atoms with Crippen molar-refractivity contribution in [2.24, 2.45) is 4.99 Å². The molecule has 0 saturated heterocycles. The molecule has 0 aliphatic heterocycles. The Morgan fingerprint density at radius 3 is 3.00 bits per heavy atom. The maximum Gasteiger partial charge on any atom is 0.0758 e. The number of aryl methyl sites for hydroxylation is 1. The van der Waals surface area contributed by atoms with E-state index >= 15 is 0 Å². The van der Waals surface area contributed by atoms with Crippen LogP contribution >= 0.6 is 12.2 Å². The normalized spacial score (nSPS) is 8.82. The first-order valence-corrected chi connectivity index (χ1v) is 3.69. The predicted molar refractivity (Wildman–Crippen MR) is 47.7 cm³/mol. The van der Waals surface area contributed by atoms with Gasteiger partial charge in [-0.25, -0.2) is 4.99 Å². The highest BCUT2D eigenvalue weighted by atomic mass is 32.1. The van der Waals surface area contributed by atoms with Gasteiger partial charge in [-0.15, -0.1) is 0 Å². The lowest BCUT2D eigenvalue weighted by Crippen LogP contribution is -1.84. The van der Waals surface area contributed by atoms with E-state index in [9.17, 15) is 0 Å². The molecule has 0 aromatic carbocycles. The Morgan fingerprint density at radius 1 is 1.64 bits per heavy atom. The molecule has 3 heteroatoms. The number of pyridine rings is 1. The number of aromatic nitrogens is 1. The molecule has 0 N–H and O–H groups in total. The van der Waals surface area contributed by atoms with Gasteiger partial charge in [0.25, 0.3) is 0 Å². The largest absolute Gasteiger partial charge is 0.261 e. The van der Waals surface area contributed by atoms with E-state index in [2.05, 4.69) is 27.4 Å². The fourth-order valence-electron chi connectivity index (χ4n) is 0.716. The molecule has 0 bridgehead atoms. The standard InChI is InChI=1S/C8H8N2S/c1-7-2-3-8(5-10-7)4-9-6-11/h2-3,5H,4H2,1H3. The minimum absolute atomic E-state index is 0.580. The number of aliphatic imine (C=N–C) groups is 1. The molecule has 0 saturated carbocycles. The zero-order chi connectivity index (χ0) is 8.10. The maximum absolute atomic E-state index is 4.44. The van der Waals surface area contributed by atoms with Crippen LogP contribution in [-0.2, 0) is 6.54 Å². The quantitative estimate of drug-likeness (QED) is 0.493. The van der Waals surface area contributed by atoms with Crippen LogP contribution in [-0.4, -0.2) is 10.1 Å². The first-order chi connectivity index (χ1) is 5.33. The SMILES string of the molecule is Cc1ccc(CN=C=S)cn1. The van der Waals surface area contributed by atoms with Gasteiger partial charge in [0.15, 0.2) is 0 Å². The first-order valence-electron chi connectivity index (χ1n) is 3.28. The monoisotopic (exact) mass is 164 g/mol. The van der Waals surface area contributed by atoms with E-state index in [0.717, 1.165) is 11.3 Å². The third-order valence-electron chi connectivity index (χ3n) is 1.30. The lowest BCUT2D eigenvalue weighted by molar-refractivity contribution is 1.04. The summed E-state index contributed by atoms with van der Waals surface area (Å²) < 4.78 is 0. The molecule has 11 heavy (non-hydrogen) atoms. The average Bonchev–Trinajstić information content (AvgIpc) is 2.04. The van der Waals surface area contributed by atoms with Crippen LogP contribution in [0.1, 0.15) is 11.3 Å². The number of isothiocyanates is 1. The highest BCUT2D eigenvalue weighted by Crippen LogP contribution is 1.99. The van der Waals surface area contributed by atoms with Gasteiger partial charge in [0.2, 0.25) is 0 Å². The second-order valence-electron chi connectivity index (χ2n) is 2.22. The van der Waals surface area contributed by atoms with Gasteiger partial charge in [-0.05, 0) is 30.8 Å². The van der Waals surface area contributed by atoms with E-state index < -0.39 is 0 Å². The number of rotatable bonds is 2. The Kier molecular flexibility index (Phi) is 2.90. The first kappa shape index (κ1) is 8.05. The molecule has 56 valence electrons. The Morgan fingerprint density at radius 2 is 2.45 bits per heavy atom. The van der Waals surface area contributed by atoms with E-state index in [4.69, 9.17) is 0 Å². The van der Waals surface area contributed by atoms with Crippen molar-refractivity contribution in [2.45, 2.75) is 13.5 Å². The average molecular weight is 164 g/mol. The highest BCUT2D eigenvalue weighted by molar-refractivity contribution is 7.78. The van der Waals surface area contributed by atoms with Crippen molar-refractivity contribution in [2.75, 3.05) is 0 Å². The summed E-state index contributed by atoms with van der Waals surface area (Å²) in [6, 6.07) is 3.94. The summed E-state index contributed by atoms with van der Waals surface area (Å²) in [7, 11) is 0. The van der Waals surface area contributed by atoms with E-state index in [-0.39, 0.29) is 0 Å². The number of thiocarbonyl (C=S) groups is 1. The van der Waals surface area contributed by atoms with Crippen molar-refractivity contribution >= 4 is 17.4 Å². The number of hydrogen-bond donors (Lipinski definition) is 0. The van der Waals surface area contributed by atoms with Crippen molar-refractivity contribution in [3.63, 3.8) is 0 Å². The summed E-state index contributed by atoms with van der Waals surface area (Å²) in [5.74, 6) is 0. The van der Waals surface area contributed by atoms with E-state index in [0.29, 0.717) is 6.54 Å². The van der Waals surface area contributed by atoms with Crippen molar-refractivity contribution in [3.8, 4) is 0 Å². The fraction of sp³-hybridized carbons (Fsp3) is 0.250. The third-order valence-corrected chi connectivity index (χ3v) is 1.43. The lowest BCUT2D eigenvalue weighted by atomic mass is 10.2. The second kappa shape index (κ2) is 3.96. The summed E-state index contributed by atoms with van der Waals surface area (Å²) in [5, 5.41) is 2.31. The topological polar surface area (TPSA) is 25.2 Å². The van der Waals surface area contributed by atoms with Crippen molar-refractivity contribution in [3.05, 3.63) is 29.6 Å². The molecule has 2 nitrogen and oxygen atoms in total. The Balaban J connectivity index is 2.73. The minimum Gasteiger partial charge on any atom is -0.261 e. The Labute approximate surface area is 71.0 Å². The minimum atomic E-state index is 0.580. The van der Waals surface area contributed by atoms with Gasteiger partial charge in [0.05, 0.1) is 11.7 Å². The molecule has 1 heterocycles. The summed E-state index contributed by atoms with van der Waals surface area (Å²) in [6.07, 6.45) is 1.80. The summed E-state index contributed by atoms with van der Waals surface area (Å²) in [4.78, 5) is 7.91. The molecule has 0 atom stereocenters. The van der Waals surface area contributed by atoms with Gasteiger partial charge in [0.1, 0.15) is 0 Å². The van der Waals surface area contributed by atoms with E-state index in [1.165, 1.54) is 0 Å². The zero-order valence-corrected chi connectivity index (χ0v) is 7.06. The molecular formula is C8H8N2S. The summed E-state index contributed by atoms with van der Waals surface area (Å²) in [5.41, 5.74) is 2.08. The Hall–Kier alpha value is -1.05. The molecule has 0 unspecified atom stereocenters. The fourth-order valence-corrected chi connectivity index (χ4v) is 0.780. The van der Waals surface area contributed by atoms with Crippen LogP contribution in [0.4, 0.5) is 0 Å². The predicted octanol–water partition coefficient (Wildman–Crippen LogP) is 1.99. The summed E-state index contributed by atoms with van der Waals surface area (Å²) >= 11 is 4.44. The van der Waals surface area contributed by atoms with Crippen LogP contribution in [0.15, 0.2) is 23.3 Å². The van der Waals surface area contributed by atoms with Crippen LogP contribution in [0.3, 0.4) is 0 Å². The summed E-state index contributed by atoms with van der Waals surface area (Å²) in [6.45, 7) is 2.53. The van der Waals surface area contributed by atoms with Crippen LogP contribution in [0.25, 0.3) is 0 Å². The molecule has 1 rings (SSSR count). The zero-order valence-electron chi connectivity index (χ0n) is 6.24. The van der Waals surface area contributed by atoms with Crippen molar-refractivity contribution in [1.82, 2.24) is 4.98 Å². The lowest BCUT2D eigenvalue weighted by Gasteiger charge is -1.93. The highest BCUT2D eigenvalue weighted by Gasteiger charge is 1.89. The van der Waals surface area contributed by atoms with Gasteiger partial charge in [-0.1, -0.05) is 6.07 Å². The molecule has 0 aliphatic rings. The maximum atomic E-state index is 4.44. The molecule has 0 amide bonds. The number of hydrogen-bond acceptors (Lipinski definition) is 3. The number of nitrogens with zero attached hydrogens (tertiary/aromatic N) is 2. The van der Waals surface area contributed by atoms with Gasteiger partial charge < -0.3 is 0 Å². The third kappa shape index (κ3) is 2.58. The molecule has 0 fully saturated rings. The van der Waals surface area contributed by atoms with Crippen LogP contribution in [0.5, 0.6) is 0 Å². The van der Waals surface area contributed by atoms with Gasteiger partial charge in [-0.2, -0.15) is 0 Å². The van der Waals surface area contributed by atoms with Crippen molar-refractivity contribution in [1.29, 1.82) is 0 Å². The molecule has 0 aliphatic carbocycles. The molecular weight excluding hydrogens is 156 g/mol. The van der Waals surface area contributed by atoms with Gasteiger partial charge in [-0.3, -0.25) is 4.98 Å². The van der Waals surface area contributed by atoms with Crippen molar-refractivity contribution < 1.29 is 0 Å². The Bertz CT molecular complexity index is 273. The molecule has 0 spiro atoms. The van der Waals surface area contributed by atoms with Gasteiger partial charge in [0, 0.05) is 11.9 Å². The van der Waals surface area contributed by atoms with E-state index in [1.54, 1.807) is 6.20 Å². The van der Waals surface area contributed by atoms with Crippen LogP contribution in [0.2, 0.25) is 0 Å². The van der Waals surface area contributed by atoms with Crippen LogP contribution < -0.4 is 0 Å². The van der Waals surface area contributed by atoms with Crippen LogP contribution in [0, 0.1) is 6.92 Å². The smallest absolute Gasteiger partial charge is 0.0758 e.